The Morgan fingerprint density at radius 3 is 2.72 bits per heavy atom. The van der Waals surface area contributed by atoms with Crippen LogP contribution >= 0.6 is 15.9 Å². The third kappa shape index (κ3) is 2.27. The van der Waals surface area contributed by atoms with Crippen molar-refractivity contribution in [3.05, 3.63) is 33.9 Å². The first-order chi connectivity index (χ1) is 8.54. The molecule has 2 aromatic rings. The van der Waals surface area contributed by atoms with E-state index in [1.807, 2.05) is 16.8 Å². The lowest BCUT2D eigenvalue weighted by Gasteiger charge is -2.13. The van der Waals surface area contributed by atoms with Gasteiger partial charge in [-0.05, 0) is 36.1 Å². The summed E-state index contributed by atoms with van der Waals surface area (Å²) in [4.78, 5) is 0. The topological polar surface area (TPSA) is 56.7 Å². The maximum Gasteiger partial charge on any atom is 0.169 e. The fourth-order valence-electron chi connectivity index (χ4n) is 2.06. The Bertz CT molecular complexity index is 560. The first-order valence-electron chi connectivity index (χ1n) is 6.04. The number of nitrogen functional groups attached to an aromatic ring is 1. The average molecular weight is 309 g/mol. The van der Waals surface area contributed by atoms with Crippen LogP contribution in [0.15, 0.2) is 22.7 Å². The highest BCUT2D eigenvalue weighted by Crippen LogP contribution is 2.26. The van der Waals surface area contributed by atoms with E-state index in [-0.39, 0.29) is 5.92 Å². The Labute approximate surface area is 115 Å². The minimum atomic E-state index is 0.286. The summed E-state index contributed by atoms with van der Waals surface area (Å²) in [7, 11) is 0. The van der Waals surface area contributed by atoms with Crippen LogP contribution in [0.4, 0.5) is 5.82 Å². The number of anilines is 1. The van der Waals surface area contributed by atoms with Crippen LogP contribution in [0.3, 0.4) is 0 Å². The molecular weight excluding hydrogens is 292 g/mol. The number of halogens is 1. The van der Waals surface area contributed by atoms with Crippen LogP contribution < -0.4 is 5.73 Å². The molecule has 0 aliphatic heterocycles. The first-order valence-corrected chi connectivity index (χ1v) is 6.83. The van der Waals surface area contributed by atoms with Crippen molar-refractivity contribution in [3.8, 4) is 5.69 Å². The van der Waals surface area contributed by atoms with Gasteiger partial charge in [0.05, 0.1) is 11.4 Å². The maximum absolute atomic E-state index is 5.90. The van der Waals surface area contributed by atoms with Gasteiger partial charge in [-0.25, -0.2) is 4.68 Å². The highest BCUT2D eigenvalue weighted by Gasteiger charge is 2.16. The van der Waals surface area contributed by atoms with Crippen LogP contribution in [0, 0.1) is 0 Å². The summed E-state index contributed by atoms with van der Waals surface area (Å²) in [6, 6.07) is 6.16. The van der Waals surface area contributed by atoms with E-state index in [1.165, 1.54) is 5.56 Å². The van der Waals surface area contributed by atoms with Crippen LogP contribution in [0.5, 0.6) is 0 Å². The molecule has 0 radical (unpaired) electrons. The summed E-state index contributed by atoms with van der Waals surface area (Å²) in [6.07, 6.45) is 0.937. The van der Waals surface area contributed by atoms with Gasteiger partial charge in [0, 0.05) is 4.47 Å². The molecule has 96 valence electrons. The molecular formula is C13H17BrN4. The first kappa shape index (κ1) is 13.1. The van der Waals surface area contributed by atoms with Crippen LogP contribution in [-0.2, 0) is 6.42 Å². The monoisotopic (exact) mass is 308 g/mol. The van der Waals surface area contributed by atoms with Gasteiger partial charge in [-0.15, -0.1) is 5.10 Å². The molecule has 4 nitrogen and oxygen atoms in total. The van der Waals surface area contributed by atoms with E-state index >= 15 is 0 Å². The number of nitrogens with two attached hydrogens (primary N) is 1. The summed E-state index contributed by atoms with van der Waals surface area (Å²) in [5.74, 6) is 0.795. The van der Waals surface area contributed by atoms with Crippen LogP contribution in [-0.4, -0.2) is 15.0 Å². The molecule has 0 spiro atoms. The summed E-state index contributed by atoms with van der Waals surface area (Å²) >= 11 is 3.49. The lowest BCUT2D eigenvalue weighted by Crippen LogP contribution is -2.07. The Hall–Kier alpha value is -1.36. The highest BCUT2D eigenvalue weighted by atomic mass is 79.9. The molecule has 0 aliphatic rings. The smallest absolute Gasteiger partial charge is 0.169 e. The molecule has 0 saturated heterocycles. The third-order valence-corrected chi connectivity index (χ3v) is 3.42. The Morgan fingerprint density at radius 2 is 2.11 bits per heavy atom. The molecule has 0 fully saturated rings. The molecule has 0 aliphatic carbocycles. The highest BCUT2D eigenvalue weighted by molar-refractivity contribution is 9.10. The fourth-order valence-corrected chi connectivity index (χ4v) is 2.47. The number of aryl methyl sites for hydroxylation is 1. The maximum atomic E-state index is 5.90. The Morgan fingerprint density at radius 1 is 1.39 bits per heavy atom. The van der Waals surface area contributed by atoms with Crippen LogP contribution in [0.25, 0.3) is 5.69 Å². The van der Waals surface area contributed by atoms with Crippen molar-refractivity contribution in [2.45, 2.75) is 33.1 Å². The molecule has 0 unspecified atom stereocenters. The number of nitrogens with zero attached hydrogens (tertiary/aromatic N) is 3. The molecule has 0 atom stereocenters. The van der Waals surface area contributed by atoms with Gasteiger partial charge < -0.3 is 5.73 Å². The average Bonchev–Trinajstić information content (AvgIpc) is 2.70. The van der Waals surface area contributed by atoms with Gasteiger partial charge in [0.15, 0.2) is 5.82 Å². The predicted molar refractivity (Wildman–Crippen MR) is 76.9 cm³/mol. The van der Waals surface area contributed by atoms with Gasteiger partial charge in [0.2, 0.25) is 0 Å². The summed E-state index contributed by atoms with van der Waals surface area (Å²) in [6.45, 7) is 6.31. The van der Waals surface area contributed by atoms with Crippen LogP contribution in [0.2, 0.25) is 0 Å². The van der Waals surface area contributed by atoms with Crippen molar-refractivity contribution >= 4 is 21.7 Å². The van der Waals surface area contributed by atoms with Crippen LogP contribution in [0.1, 0.15) is 37.9 Å². The molecule has 1 heterocycles. The van der Waals surface area contributed by atoms with Crippen molar-refractivity contribution in [2.24, 2.45) is 0 Å². The Balaban J connectivity index is 2.62. The zero-order valence-electron chi connectivity index (χ0n) is 10.8. The SMILES string of the molecule is CCc1cc(Br)ccc1-n1nnc(N)c1C(C)C. The van der Waals surface area contributed by atoms with Crippen molar-refractivity contribution in [1.29, 1.82) is 0 Å². The van der Waals surface area contributed by atoms with Gasteiger partial charge in [-0.3, -0.25) is 0 Å². The molecule has 5 heteroatoms. The largest absolute Gasteiger partial charge is 0.381 e. The Kier molecular flexibility index (Phi) is 3.71. The van der Waals surface area contributed by atoms with Gasteiger partial charge in [-0.2, -0.15) is 0 Å². The van der Waals surface area contributed by atoms with E-state index in [4.69, 9.17) is 5.73 Å². The quantitative estimate of drug-likeness (QED) is 0.946. The molecule has 18 heavy (non-hydrogen) atoms. The second kappa shape index (κ2) is 5.10. The minimum absolute atomic E-state index is 0.286. The molecule has 1 aromatic carbocycles. The summed E-state index contributed by atoms with van der Waals surface area (Å²) < 4.78 is 2.92. The lowest BCUT2D eigenvalue weighted by molar-refractivity contribution is 0.710. The molecule has 1 aromatic heterocycles. The zero-order valence-corrected chi connectivity index (χ0v) is 12.4. The molecule has 2 rings (SSSR count). The van der Waals surface area contributed by atoms with Gasteiger partial charge in [0.1, 0.15) is 0 Å². The number of rotatable bonds is 3. The number of hydrogen-bond acceptors (Lipinski definition) is 3. The van der Waals surface area contributed by atoms with Crippen molar-refractivity contribution < 1.29 is 0 Å². The van der Waals surface area contributed by atoms with Crippen molar-refractivity contribution in [1.82, 2.24) is 15.0 Å². The molecule has 0 bridgehead atoms. The number of benzene rings is 1. The van der Waals surface area contributed by atoms with Gasteiger partial charge in [0.25, 0.3) is 0 Å². The normalized spacial score (nSPS) is 11.2. The van der Waals surface area contributed by atoms with Gasteiger partial charge in [-0.1, -0.05) is 41.9 Å². The second-order valence-electron chi connectivity index (χ2n) is 4.55. The molecule has 2 N–H and O–H groups in total. The number of aromatic nitrogens is 3. The number of hydrogen-bond donors (Lipinski definition) is 1. The standard InChI is InChI=1S/C13H17BrN4/c1-4-9-7-10(14)5-6-11(9)18-12(8(2)3)13(15)16-17-18/h5-8H,4,15H2,1-3H3. The van der Waals surface area contributed by atoms with E-state index in [1.54, 1.807) is 0 Å². The second-order valence-corrected chi connectivity index (χ2v) is 5.47. The van der Waals surface area contributed by atoms with E-state index in [9.17, 15) is 0 Å². The zero-order chi connectivity index (χ0) is 13.3. The summed E-state index contributed by atoms with van der Waals surface area (Å²) in [5, 5.41) is 8.16. The van der Waals surface area contributed by atoms with E-state index in [2.05, 4.69) is 53.1 Å². The van der Waals surface area contributed by atoms with Gasteiger partial charge >= 0.3 is 0 Å². The third-order valence-electron chi connectivity index (χ3n) is 2.93. The van der Waals surface area contributed by atoms with E-state index in [0.717, 1.165) is 22.3 Å². The fraction of sp³-hybridized carbons (Fsp3) is 0.385. The minimum Gasteiger partial charge on any atom is -0.381 e. The summed E-state index contributed by atoms with van der Waals surface area (Å²) in [5.41, 5.74) is 9.13. The molecule has 0 saturated carbocycles. The van der Waals surface area contributed by atoms with Crippen molar-refractivity contribution in [2.75, 3.05) is 5.73 Å². The lowest BCUT2D eigenvalue weighted by atomic mass is 10.1. The van der Waals surface area contributed by atoms with E-state index in [0.29, 0.717) is 5.82 Å². The predicted octanol–water partition coefficient (Wildman–Crippen LogP) is 3.30. The van der Waals surface area contributed by atoms with Crippen molar-refractivity contribution in [3.63, 3.8) is 0 Å². The molecule has 0 amide bonds. The van der Waals surface area contributed by atoms with E-state index < -0.39 is 0 Å².